The number of aryl methyl sites for hydroxylation is 1. The number of carboxylic acid groups (broad SMARTS) is 1. The molecule has 0 saturated heterocycles. The molecule has 96 valence electrons. The molecular weight excluding hydrogens is 228 g/mol. The minimum absolute atomic E-state index is 0.0440. The van der Waals surface area contributed by atoms with Crippen molar-refractivity contribution in [3.63, 3.8) is 0 Å². The van der Waals surface area contributed by atoms with Crippen molar-refractivity contribution in [1.29, 1.82) is 0 Å². The molecule has 0 aliphatic heterocycles. The van der Waals surface area contributed by atoms with E-state index in [4.69, 9.17) is 5.11 Å². The maximum atomic E-state index is 10.9. The lowest BCUT2D eigenvalue weighted by Gasteiger charge is -2.10. The van der Waals surface area contributed by atoms with Gasteiger partial charge in [-0.25, -0.2) is 9.97 Å². The zero-order valence-corrected chi connectivity index (χ0v) is 10.6. The molecular formula is C14H18N2O2. The third-order valence-corrected chi connectivity index (χ3v) is 4.10. The average molecular weight is 246 g/mol. The van der Waals surface area contributed by atoms with Gasteiger partial charge in [0.2, 0.25) is 0 Å². The topological polar surface area (TPSA) is 63.1 Å². The highest BCUT2D eigenvalue weighted by atomic mass is 16.4. The smallest absolute Gasteiger partial charge is 0.307 e. The van der Waals surface area contributed by atoms with Gasteiger partial charge in [-0.15, -0.1) is 0 Å². The quantitative estimate of drug-likeness (QED) is 0.890. The van der Waals surface area contributed by atoms with Crippen LogP contribution in [0.2, 0.25) is 0 Å². The first-order chi connectivity index (χ1) is 8.65. The second-order valence-electron chi connectivity index (χ2n) is 5.56. The van der Waals surface area contributed by atoms with Crippen LogP contribution in [0.15, 0.2) is 6.07 Å². The molecule has 1 heterocycles. The summed E-state index contributed by atoms with van der Waals surface area (Å²) in [5.74, 6) is 0.384. The summed E-state index contributed by atoms with van der Waals surface area (Å²) in [6, 6.07) is 2.07. The van der Waals surface area contributed by atoms with Gasteiger partial charge in [-0.2, -0.15) is 0 Å². The summed E-state index contributed by atoms with van der Waals surface area (Å²) < 4.78 is 0. The van der Waals surface area contributed by atoms with E-state index in [2.05, 4.69) is 16.0 Å². The molecule has 0 spiro atoms. The minimum Gasteiger partial charge on any atom is -0.481 e. The molecule has 4 nitrogen and oxygen atoms in total. The van der Waals surface area contributed by atoms with Crippen molar-refractivity contribution in [3.8, 4) is 0 Å². The molecule has 2 atom stereocenters. The van der Waals surface area contributed by atoms with Crippen LogP contribution in [-0.2, 0) is 4.79 Å². The van der Waals surface area contributed by atoms with Gasteiger partial charge in [0, 0.05) is 23.2 Å². The number of nitrogens with zero attached hydrogens (tertiary/aromatic N) is 2. The van der Waals surface area contributed by atoms with E-state index in [0.717, 1.165) is 17.2 Å². The van der Waals surface area contributed by atoms with Crippen LogP contribution >= 0.6 is 0 Å². The Morgan fingerprint density at radius 2 is 2.06 bits per heavy atom. The van der Waals surface area contributed by atoms with Gasteiger partial charge in [0.25, 0.3) is 0 Å². The SMILES string of the molecule is Cc1cc(C2CCCC2)nc(C2CC2C(=O)O)n1. The fourth-order valence-corrected chi connectivity index (χ4v) is 2.97. The van der Waals surface area contributed by atoms with Gasteiger partial charge in [0.05, 0.1) is 5.92 Å². The van der Waals surface area contributed by atoms with E-state index in [-0.39, 0.29) is 11.8 Å². The van der Waals surface area contributed by atoms with Gasteiger partial charge in [-0.05, 0) is 32.3 Å². The molecule has 4 heteroatoms. The molecule has 1 N–H and O–H groups in total. The molecule has 18 heavy (non-hydrogen) atoms. The number of hydrogen-bond acceptors (Lipinski definition) is 3. The molecule has 3 rings (SSSR count). The summed E-state index contributed by atoms with van der Waals surface area (Å²) in [5.41, 5.74) is 2.10. The highest BCUT2D eigenvalue weighted by Gasteiger charge is 2.46. The summed E-state index contributed by atoms with van der Waals surface area (Å²) in [7, 11) is 0. The molecule has 2 aliphatic rings. The Labute approximate surface area is 106 Å². The van der Waals surface area contributed by atoms with Crippen LogP contribution in [0.5, 0.6) is 0 Å². The maximum Gasteiger partial charge on any atom is 0.307 e. The second-order valence-corrected chi connectivity index (χ2v) is 5.56. The first-order valence-corrected chi connectivity index (χ1v) is 6.73. The lowest BCUT2D eigenvalue weighted by molar-refractivity contribution is -0.138. The summed E-state index contributed by atoms with van der Waals surface area (Å²) in [4.78, 5) is 20.0. The summed E-state index contributed by atoms with van der Waals surface area (Å²) in [6.45, 7) is 1.97. The number of rotatable bonds is 3. The monoisotopic (exact) mass is 246 g/mol. The second kappa shape index (κ2) is 4.34. The number of hydrogen-bond donors (Lipinski definition) is 1. The van der Waals surface area contributed by atoms with Crippen LogP contribution in [-0.4, -0.2) is 21.0 Å². The zero-order chi connectivity index (χ0) is 12.7. The highest BCUT2D eigenvalue weighted by Crippen LogP contribution is 2.46. The fraction of sp³-hybridized carbons (Fsp3) is 0.643. The molecule has 0 bridgehead atoms. The van der Waals surface area contributed by atoms with Crippen molar-refractivity contribution in [2.75, 3.05) is 0 Å². The normalized spacial score (nSPS) is 27.4. The van der Waals surface area contributed by atoms with Crippen LogP contribution in [0.4, 0.5) is 0 Å². The van der Waals surface area contributed by atoms with E-state index < -0.39 is 5.97 Å². The van der Waals surface area contributed by atoms with Crippen molar-refractivity contribution >= 4 is 5.97 Å². The van der Waals surface area contributed by atoms with Crippen molar-refractivity contribution in [3.05, 3.63) is 23.3 Å². The third-order valence-electron chi connectivity index (χ3n) is 4.10. The van der Waals surface area contributed by atoms with Crippen LogP contribution in [0.3, 0.4) is 0 Å². The Bertz CT molecular complexity index is 481. The summed E-state index contributed by atoms with van der Waals surface area (Å²) in [6.07, 6.45) is 5.68. The van der Waals surface area contributed by atoms with Gasteiger partial charge in [0.1, 0.15) is 5.82 Å². The maximum absolute atomic E-state index is 10.9. The Balaban J connectivity index is 1.85. The number of carboxylic acids is 1. The Hall–Kier alpha value is -1.45. The molecule has 0 amide bonds. The molecule has 2 fully saturated rings. The van der Waals surface area contributed by atoms with E-state index in [1.54, 1.807) is 0 Å². The molecule has 0 aromatic carbocycles. The van der Waals surface area contributed by atoms with Crippen LogP contribution in [0, 0.1) is 12.8 Å². The fourth-order valence-electron chi connectivity index (χ4n) is 2.97. The van der Waals surface area contributed by atoms with E-state index >= 15 is 0 Å². The first-order valence-electron chi connectivity index (χ1n) is 6.73. The first kappa shape index (κ1) is 11.6. The van der Waals surface area contributed by atoms with Gasteiger partial charge in [-0.1, -0.05) is 12.8 Å². The van der Waals surface area contributed by atoms with E-state index in [0.29, 0.717) is 12.3 Å². The van der Waals surface area contributed by atoms with Crippen LogP contribution in [0.25, 0.3) is 0 Å². The summed E-state index contributed by atoms with van der Waals surface area (Å²) in [5, 5.41) is 8.98. The van der Waals surface area contributed by atoms with Crippen molar-refractivity contribution in [1.82, 2.24) is 9.97 Å². The van der Waals surface area contributed by atoms with Gasteiger partial charge in [0.15, 0.2) is 0 Å². The Morgan fingerprint density at radius 1 is 1.33 bits per heavy atom. The van der Waals surface area contributed by atoms with E-state index in [9.17, 15) is 4.79 Å². The van der Waals surface area contributed by atoms with E-state index in [1.807, 2.05) is 6.92 Å². The highest BCUT2D eigenvalue weighted by molar-refractivity contribution is 5.74. The molecule has 1 aromatic heterocycles. The van der Waals surface area contributed by atoms with Crippen molar-refractivity contribution < 1.29 is 9.90 Å². The standard InChI is InChI=1S/C14H18N2O2/c1-8-6-12(9-4-2-3-5-9)16-13(15-8)10-7-11(10)14(17)18/h6,9-11H,2-5,7H2,1H3,(H,17,18). The predicted octanol–water partition coefficient (Wildman–Crippen LogP) is 2.63. The minimum atomic E-state index is -0.715. The molecule has 1 aromatic rings. The number of aromatic nitrogens is 2. The van der Waals surface area contributed by atoms with Gasteiger partial charge < -0.3 is 5.11 Å². The Morgan fingerprint density at radius 3 is 2.67 bits per heavy atom. The lowest BCUT2D eigenvalue weighted by atomic mass is 10.0. The lowest BCUT2D eigenvalue weighted by Crippen LogP contribution is -2.06. The van der Waals surface area contributed by atoms with E-state index in [1.165, 1.54) is 25.7 Å². The molecule has 2 saturated carbocycles. The average Bonchev–Trinajstić information content (AvgIpc) is 2.95. The van der Waals surface area contributed by atoms with Crippen molar-refractivity contribution in [2.24, 2.45) is 5.92 Å². The third kappa shape index (κ3) is 2.11. The van der Waals surface area contributed by atoms with Gasteiger partial charge >= 0.3 is 5.97 Å². The Kier molecular flexibility index (Phi) is 2.80. The number of carbonyl (C=O) groups is 1. The number of aliphatic carboxylic acids is 1. The molecule has 2 aliphatic carbocycles. The molecule has 2 unspecified atom stereocenters. The largest absolute Gasteiger partial charge is 0.481 e. The van der Waals surface area contributed by atoms with Crippen LogP contribution in [0.1, 0.15) is 61.2 Å². The van der Waals surface area contributed by atoms with Crippen LogP contribution < -0.4 is 0 Å². The zero-order valence-electron chi connectivity index (χ0n) is 10.6. The predicted molar refractivity (Wildman–Crippen MR) is 66.5 cm³/mol. The van der Waals surface area contributed by atoms with Gasteiger partial charge in [-0.3, -0.25) is 4.79 Å². The molecule has 0 radical (unpaired) electrons. The van der Waals surface area contributed by atoms with Crippen molar-refractivity contribution in [2.45, 2.75) is 50.9 Å². The summed E-state index contributed by atoms with van der Waals surface area (Å²) >= 11 is 0.